The number of aliphatic carboxylic acids is 1. The van der Waals surface area contributed by atoms with E-state index in [4.69, 9.17) is 0 Å². The molecule has 0 aliphatic heterocycles. The first-order valence-electron chi connectivity index (χ1n) is 7.12. The average Bonchev–Trinajstić information content (AvgIpc) is 2.30. The van der Waals surface area contributed by atoms with Crippen LogP contribution in [0.15, 0.2) is 0 Å². The Labute approximate surface area is 105 Å². The smallest absolute Gasteiger partial charge is 0.323 e. The number of hydrogen-bond acceptors (Lipinski definition) is 2. The van der Waals surface area contributed by atoms with Crippen LogP contribution < -0.4 is 5.32 Å². The normalized spacial score (nSPS) is 21.1. The highest BCUT2D eigenvalue weighted by molar-refractivity contribution is 5.79. The van der Waals surface area contributed by atoms with Gasteiger partial charge in [-0.15, -0.1) is 0 Å². The summed E-state index contributed by atoms with van der Waals surface area (Å²) in [6.07, 6.45) is 9.59. The van der Waals surface area contributed by atoms with E-state index in [-0.39, 0.29) is 0 Å². The second-order valence-corrected chi connectivity index (χ2v) is 5.49. The monoisotopic (exact) mass is 241 g/mol. The highest BCUT2D eigenvalue weighted by Gasteiger charge is 2.39. The summed E-state index contributed by atoms with van der Waals surface area (Å²) in [7, 11) is 0. The van der Waals surface area contributed by atoms with Crippen LogP contribution in [0.3, 0.4) is 0 Å². The van der Waals surface area contributed by atoms with Gasteiger partial charge in [0.2, 0.25) is 0 Å². The molecule has 0 aromatic carbocycles. The molecule has 0 radical (unpaired) electrons. The first kappa shape index (κ1) is 14.5. The lowest BCUT2D eigenvalue weighted by molar-refractivity contribution is -0.146. The lowest BCUT2D eigenvalue weighted by Gasteiger charge is -2.36. The van der Waals surface area contributed by atoms with Crippen molar-refractivity contribution in [3.63, 3.8) is 0 Å². The maximum absolute atomic E-state index is 11.5. The Morgan fingerprint density at radius 2 is 1.94 bits per heavy atom. The molecule has 0 saturated heterocycles. The van der Waals surface area contributed by atoms with Crippen LogP contribution in [-0.2, 0) is 4.79 Å². The van der Waals surface area contributed by atoms with E-state index in [0.29, 0.717) is 6.04 Å². The first-order valence-corrected chi connectivity index (χ1v) is 7.12. The number of carbonyl (C=O) groups is 1. The van der Waals surface area contributed by atoms with E-state index in [9.17, 15) is 9.90 Å². The molecule has 0 aromatic rings. The van der Waals surface area contributed by atoms with E-state index in [2.05, 4.69) is 19.2 Å². The molecule has 1 aliphatic rings. The third kappa shape index (κ3) is 4.30. The molecule has 0 aromatic heterocycles. The lowest BCUT2D eigenvalue weighted by atomic mass is 9.81. The van der Waals surface area contributed by atoms with Crippen LogP contribution in [0.1, 0.15) is 71.6 Å². The molecular weight excluding hydrogens is 214 g/mol. The fraction of sp³-hybridized carbons (Fsp3) is 0.929. The maximum atomic E-state index is 11.5. The summed E-state index contributed by atoms with van der Waals surface area (Å²) in [6.45, 7) is 4.31. The molecule has 0 amide bonds. The minimum absolute atomic E-state index is 0.316. The van der Waals surface area contributed by atoms with Crippen molar-refractivity contribution in [3.8, 4) is 0 Å². The molecular formula is C14H27NO2. The fourth-order valence-electron chi connectivity index (χ4n) is 2.82. The average molecular weight is 241 g/mol. The van der Waals surface area contributed by atoms with Crippen molar-refractivity contribution >= 4 is 5.97 Å². The molecule has 1 atom stereocenters. The highest BCUT2D eigenvalue weighted by Crippen LogP contribution is 2.29. The standard InChI is InChI=1S/C14H27NO2/c1-3-4-6-9-12(2)15-14(13(16)17)10-7-5-8-11-14/h12,15H,3-11H2,1-2H3,(H,16,17). The Kier molecular flexibility index (Phi) is 5.96. The van der Waals surface area contributed by atoms with Crippen LogP contribution in [0.4, 0.5) is 0 Å². The van der Waals surface area contributed by atoms with Crippen LogP contribution in [0, 0.1) is 0 Å². The van der Waals surface area contributed by atoms with Gasteiger partial charge in [-0.3, -0.25) is 10.1 Å². The van der Waals surface area contributed by atoms with Gasteiger partial charge in [-0.1, -0.05) is 45.4 Å². The maximum Gasteiger partial charge on any atom is 0.323 e. The van der Waals surface area contributed by atoms with Gasteiger partial charge in [-0.2, -0.15) is 0 Å². The van der Waals surface area contributed by atoms with Gasteiger partial charge < -0.3 is 5.11 Å². The van der Waals surface area contributed by atoms with E-state index < -0.39 is 11.5 Å². The molecule has 1 fully saturated rings. The summed E-state index contributed by atoms with van der Waals surface area (Å²) < 4.78 is 0. The van der Waals surface area contributed by atoms with Crippen LogP contribution in [0.5, 0.6) is 0 Å². The summed E-state index contributed by atoms with van der Waals surface area (Å²) in [6, 6.07) is 0.316. The molecule has 0 bridgehead atoms. The van der Waals surface area contributed by atoms with Gasteiger partial charge in [0.15, 0.2) is 0 Å². The molecule has 1 rings (SSSR count). The number of nitrogens with one attached hydrogen (secondary N) is 1. The zero-order chi connectivity index (χ0) is 12.7. The number of rotatable bonds is 7. The van der Waals surface area contributed by atoms with E-state index >= 15 is 0 Å². The Morgan fingerprint density at radius 1 is 1.29 bits per heavy atom. The van der Waals surface area contributed by atoms with E-state index in [0.717, 1.165) is 32.1 Å². The van der Waals surface area contributed by atoms with Crippen LogP contribution in [0.2, 0.25) is 0 Å². The Balaban J connectivity index is 2.45. The summed E-state index contributed by atoms with van der Waals surface area (Å²) in [5, 5.41) is 12.8. The SMILES string of the molecule is CCCCCC(C)NC1(C(=O)O)CCCCC1. The molecule has 0 heterocycles. The molecule has 17 heavy (non-hydrogen) atoms. The Hall–Kier alpha value is -0.570. The third-order valence-electron chi connectivity index (χ3n) is 3.88. The summed E-state index contributed by atoms with van der Waals surface area (Å²) >= 11 is 0. The van der Waals surface area contributed by atoms with Crippen LogP contribution in [0.25, 0.3) is 0 Å². The molecule has 2 N–H and O–H groups in total. The third-order valence-corrected chi connectivity index (χ3v) is 3.88. The van der Waals surface area contributed by atoms with Crippen molar-refractivity contribution in [1.82, 2.24) is 5.32 Å². The number of unbranched alkanes of at least 4 members (excludes halogenated alkanes) is 2. The van der Waals surface area contributed by atoms with Crippen molar-refractivity contribution in [2.45, 2.75) is 83.2 Å². The van der Waals surface area contributed by atoms with Crippen LogP contribution >= 0.6 is 0 Å². The number of hydrogen-bond donors (Lipinski definition) is 2. The van der Waals surface area contributed by atoms with E-state index in [1.807, 2.05) is 0 Å². The molecule has 3 nitrogen and oxygen atoms in total. The largest absolute Gasteiger partial charge is 0.480 e. The topological polar surface area (TPSA) is 49.3 Å². The number of carboxylic acids is 1. The zero-order valence-electron chi connectivity index (χ0n) is 11.3. The summed E-state index contributed by atoms with van der Waals surface area (Å²) in [4.78, 5) is 11.5. The van der Waals surface area contributed by atoms with Gasteiger partial charge in [0.1, 0.15) is 5.54 Å². The quantitative estimate of drug-likeness (QED) is 0.672. The van der Waals surface area contributed by atoms with Crippen LogP contribution in [-0.4, -0.2) is 22.7 Å². The molecule has 1 aliphatic carbocycles. The summed E-state index contributed by atoms with van der Waals surface area (Å²) in [5.74, 6) is -0.653. The molecule has 1 saturated carbocycles. The van der Waals surface area contributed by atoms with Gasteiger partial charge in [0.25, 0.3) is 0 Å². The van der Waals surface area contributed by atoms with Crippen molar-refractivity contribution in [1.29, 1.82) is 0 Å². The molecule has 3 heteroatoms. The van der Waals surface area contributed by atoms with Gasteiger partial charge in [0.05, 0.1) is 0 Å². The molecule has 0 spiro atoms. The summed E-state index contributed by atoms with van der Waals surface area (Å²) in [5.41, 5.74) is -0.635. The van der Waals surface area contributed by atoms with Gasteiger partial charge in [-0.25, -0.2) is 0 Å². The van der Waals surface area contributed by atoms with Gasteiger partial charge in [0, 0.05) is 6.04 Å². The van der Waals surface area contributed by atoms with Gasteiger partial charge >= 0.3 is 5.97 Å². The Bertz CT molecular complexity index is 234. The van der Waals surface area contributed by atoms with E-state index in [1.54, 1.807) is 0 Å². The lowest BCUT2D eigenvalue weighted by Crippen LogP contribution is -2.56. The fourth-order valence-corrected chi connectivity index (χ4v) is 2.82. The predicted molar refractivity (Wildman–Crippen MR) is 70.2 cm³/mol. The minimum Gasteiger partial charge on any atom is -0.480 e. The zero-order valence-corrected chi connectivity index (χ0v) is 11.3. The molecule has 100 valence electrons. The Morgan fingerprint density at radius 3 is 2.47 bits per heavy atom. The number of carboxylic acid groups (broad SMARTS) is 1. The van der Waals surface area contributed by atoms with Crippen molar-refractivity contribution in [3.05, 3.63) is 0 Å². The second kappa shape index (κ2) is 7.00. The van der Waals surface area contributed by atoms with Crippen molar-refractivity contribution < 1.29 is 9.90 Å². The predicted octanol–water partition coefficient (Wildman–Crippen LogP) is 3.33. The van der Waals surface area contributed by atoms with E-state index in [1.165, 1.54) is 25.7 Å². The first-order chi connectivity index (χ1) is 8.10. The highest BCUT2D eigenvalue weighted by atomic mass is 16.4. The van der Waals surface area contributed by atoms with Crippen molar-refractivity contribution in [2.24, 2.45) is 0 Å². The minimum atomic E-state index is -0.653. The second-order valence-electron chi connectivity index (χ2n) is 5.49. The van der Waals surface area contributed by atoms with Crippen molar-refractivity contribution in [2.75, 3.05) is 0 Å². The molecule has 1 unspecified atom stereocenters. The van der Waals surface area contributed by atoms with Gasteiger partial charge in [-0.05, 0) is 26.2 Å².